The normalized spacial score (nSPS) is 22.3. The molecule has 2 nitrogen and oxygen atoms in total. The van der Waals surface area contributed by atoms with Gasteiger partial charge in [-0.25, -0.2) is 0 Å². The second kappa shape index (κ2) is 5.82. The lowest BCUT2D eigenvalue weighted by atomic mass is 9.89. The Morgan fingerprint density at radius 2 is 1.14 bits per heavy atom. The lowest BCUT2D eigenvalue weighted by Gasteiger charge is -2.31. The summed E-state index contributed by atoms with van der Waals surface area (Å²) in [4.78, 5) is 12.1. The van der Waals surface area contributed by atoms with Crippen LogP contribution in [0.2, 0.25) is 0 Å². The molecule has 0 aliphatic carbocycles. The smallest absolute Gasteiger partial charge is 0.136 e. The SMILES string of the molecule is Cc1ccc([C@@H]2CC(=O)C[C@H](c3ccc(C)cc3)N2)cc1. The van der Waals surface area contributed by atoms with E-state index >= 15 is 0 Å². The third-order valence-corrected chi connectivity index (χ3v) is 4.23. The van der Waals surface area contributed by atoms with Crippen molar-refractivity contribution in [3.8, 4) is 0 Å². The number of Topliss-reactive ketones (excluding diaryl/α,β-unsaturated/α-hetero) is 1. The maximum absolute atomic E-state index is 12.1. The molecule has 0 amide bonds. The number of aryl methyl sites for hydroxylation is 2. The van der Waals surface area contributed by atoms with Gasteiger partial charge in [0.25, 0.3) is 0 Å². The van der Waals surface area contributed by atoms with Crippen molar-refractivity contribution in [1.29, 1.82) is 0 Å². The summed E-state index contributed by atoms with van der Waals surface area (Å²) in [6.07, 6.45) is 1.18. The average Bonchev–Trinajstić information content (AvgIpc) is 2.48. The van der Waals surface area contributed by atoms with E-state index in [0.717, 1.165) is 0 Å². The van der Waals surface area contributed by atoms with Gasteiger partial charge in [0, 0.05) is 24.9 Å². The number of carbonyl (C=O) groups excluding carboxylic acids is 1. The van der Waals surface area contributed by atoms with Crippen LogP contribution in [0.3, 0.4) is 0 Å². The standard InChI is InChI=1S/C19H21NO/c1-13-3-7-15(8-4-13)18-11-17(21)12-19(20-18)16-9-5-14(2)6-10-16/h3-10,18-20H,11-12H2,1-2H3/t18-,19+. The first-order valence-corrected chi connectivity index (χ1v) is 7.53. The van der Waals surface area contributed by atoms with Gasteiger partial charge in [-0.1, -0.05) is 59.7 Å². The number of rotatable bonds is 2. The molecular formula is C19H21NO. The zero-order chi connectivity index (χ0) is 14.8. The molecule has 0 radical (unpaired) electrons. The Bertz CT molecular complexity index is 572. The second-order valence-corrected chi connectivity index (χ2v) is 6.04. The van der Waals surface area contributed by atoms with Crippen molar-refractivity contribution in [2.45, 2.75) is 38.8 Å². The molecule has 108 valence electrons. The molecular weight excluding hydrogens is 258 g/mol. The predicted octanol–water partition coefficient (Wildman–Crippen LogP) is 4.04. The van der Waals surface area contributed by atoms with Gasteiger partial charge in [0.05, 0.1) is 0 Å². The van der Waals surface area contributed by atoms with E-state index in [2.05, 4.69) is 67.7 Å². The molecule has 1 aliphatic heterocycles. The number of ketones is 1. The molecule has 21 heavy (non-hydrogen) atoms. The van der Waals surface area contributed by atoms with E-state index < -0.39 is 0 Å². The lowest BCUT2D eigenvalue weighted by molar-refractivity contribution is -0.121. The van der Waals surface area contributed by atoms with Crippen molar-refractivity contribution in [3.05, 3.63) is 70.8 Å². The van der Waals surface area contributed by atoms with Gasteiger partial charge in [-0.3, -0.25) is 4.79 Å². The number of benzene rings is 2. The predicted molar refractivity (Wildman–Crippen MR) is 85.2 cm³/mol. The molecule has 1 fully saturated rings. The minimum atomic E-state index is 0.123. The van der Waals surface area contributed by atoms with Crippen LogP contribution < -0.4 is 5.32 Å². The van der Waals surface area contributed by atoms with Crippen LogP contribution in [0.25, 0.3) is 0 Å². The van der Waals surface area contributed by atoms with E-state index in [4.69, 9.17) is 0 Å². The van der Waals surface area contributed by atoms with Crippen molar-refractivity contribution in [2.75, 3.05) is 0 Å². The number of hydrogen-bond donors (Lipinski definition) is 1. The molecule has 0 spiro atoms. The fraction of sp³-hybridized carbons (Fsp3) is 0.316. The largest absolute Gasteiger partial charge is 0.302 e. The monoisotopic (exact) mass is 279 g/mol. The molecule has 0 saturated carbocycles. The Kier molecular flexibility index (Phi) is 3.89. The first-order valence-electron chi connectivity index (χ1n) is 7.53. The third kappa shape index (κ3) is 3.22. The third-order valence-electron chi connectivity index (χ3n) is 4.23. The van der Waals surface area contributed by atoms with Crippen LogP contribution in [-0.4, -0.2) is 5.78 Å². The van der Waals surface area contributed by atoms with E-state index in [9.17, 15) is 4.79 Å². The van der Waals surface area contributed by atoms with E-state index in [1.54, 1.807) is 0 Å². The van der Waals surface area contributed by atoms with Crippen molar-refractivity contribution >= 4 is 5.78 Å². The molecule has 2 aromatic carbocycles. The van der Waals surface area contributed by atoms with Crippen LogP contribution in [0.5, 0.6) is 0 Å². The van der Waals surface area contributed by atoms with E-state index in [1.165, 1.54) is 22.3 Å². The van der Waals surface area contributed by atoms with Crippen molar-refractivity contribution < 1.29 is 4.79 Å². The van der Waals surface area contributed by atoms with Gasteiger partial charge >= 0.3 is 0 Å². The highest BCUT2D eigenvalue weighted by atomic mass is 16.1. The zero-order valence-corrected chi connectivity index (χ0v) is 12.6. The summed E-state index contributed by atoms with van der Waals surface area (Å²) in [5.74, 6) is 0.338. The highest BCUT2D eigenvalue weighted by Gasteiger charge is 2.28. The molecule has 1 heterocycles. The summed E-state index contributed by atoms with van der Waals surface area (Å²) in [6, 6.07) is 17.2. The van der Waals surface area contributed by atoms with Gasteiger partial charge in [0.1, 0.15) is 5.78 Å². The average molecular weight is 279 g/mol. The van der Waals surface area contributed by atoms with Gasteiger partial charge in [-0.05, 0) is 25.0 Å². The maximum Gasteiger partial charge on any atom is 0.136 e. The van der Waals surface area contributed by atoms with E-state index in [0.29, 0.717) is 18.6 Å². The van der Waals surface area contributed by atoms with Gasteiger partial charge < -0.3 is 5.32 Å². The summed E-state index contributed by atoms with van der Waals surface area (Å²) in [7, 11) is 0. The maximum atomic E-state index is 12.1. The molecule has 1 N–H and O–H groups in total. The number of carbonyl (C=O) groups is 1. The van der Waals surface area contributed by atoms with Gasteiger partial charge in [-0.2, -0.15) is 0 Å². The van der Waals surface area contributed by atoms with Crippen molar-refractivity contribution in [1.82, 2.24) is 5.32 Å². The van der Waals surface area contributed by atoms with Crippen LogP contribution in [-0.2, 0) is 4.79 Å². The highest BCUT2D eigenvalue weighted by molar-refractivity contribution is 5.81. The second-order valence-electron chi connectivity index (χ2n) is 6.04. The first-order chi connectivity index (χ1) is 10.1. The van der Waals surface area contributed by atoms with Crippen molar-refractivity contribution in [2.24, 2.45) is 0 Å². The number of piperidine rings is 1. The van der Waals surface area contributed by atoms with Crippen LogP contribution in [0.15, 0.2) is 48.5 Å². The Morgan fingerprint density at radius 3 is 1.52 bits per heavy atom. The minimum absolute atomic E-state index is 0.123. The molecule has 2 aromatic rings. The summed E-state index contributed by atoms with van der Waals surface area (Å²) < 4.78 is 0. The molecule has 2 atom stereocenters. The Balaban J connectivity index is 1.82. The lowest BCUT2D eigenvalue weighted by Crippen LogP contribution is -2.35. The van der Waals surface area contributed by atoms with E-state index in [1.807, 2.05) is 0 Å². The molecule has 0 bridgehead atoms. The number of hydrogen-bond acceptors (Lipinski definition) is 2. The molecule has 3 rings (SSSR count). The molecule has 0 unspecified atom stereocenters. The summed E-state index contributed by atoms with van der Waals surface area (Å²) in [6.45, 7) is 4.16. The molecule has 1 saturated heterocycles. The quantitative estimate of drug-likeness (QED) is 0.899. The van der Waals surface area contributed by atoms with Gasteiger partial charge in [-0.15, -0.1) is 0 Å². The zero-order valence-electron chi connectivity index (χ0n) is 12.6. The fourth-order valence-electron chi connectivity index (χ4n) is 2.93. The summed E-state index contributed by atoms with van der Waals surface area (Å²) >= 11 is 0. The van der Waals surface area contributed by atoms with Crippen LogP contribution in [0, 0.1) is 13.8 Å². The summed E-state index contributed by atoms with van der Waals surface area (Å²) in [5, 5.41) is 3.63. The molecule has 2 heteroatoms. The highest BCUT2D eigenvalue weighted by Crippen LogP contribution is 2.31. The Morgan fingerprint density at radius 1 is 0.762 bits per heavy atom. The van der Waals surface area contributed by atoms with E-state index in [-0.39, 0.29) is 12.1 Å². The topological polar surface area (TPSA) is 29.1 Å². The Labute approximate surface area is 126 Å². The van der Waals surface area contributed by atoms with Crippen LogP contribution >= 0.6 is 0 Å². The molecule has 0 aromatic heterocycles. The van der Waals surface area contributed by atoms with Crippen LogP contribution in [0.1, 0.15) is 47.2 Å². The van der Waals surface area contributed by atoms with Crippen LogP contribution in [0.4, 0.5) is 0 Å². The first kappa shape index (κ1) is 14.0. The van der Waals surface area contributed by atoms with Gasteiger partial charge in [0.15, 0.2) is 0 Å². The van der Waals surface area contributed by atoms with Gasteiger partial charge in [0.2, 0.25) is 0 Å². The number of nitrogens with one attached hydrogen (secondary N) is 1. The fourth-order valence-corrected chi connectivity index (χ4v) is 2.93. The van der Waals surface area contributed by atoms with Crippen molar-refractivity contribution in [3.63, 3.8) is 0 Å². The molecule has 1 aliphatic rings. The Hall–Kier alpha value is -1.93. The minimum Gasteiger partial charge on any atom is -0.302 e. The summed E-state index contributed by atoms with van der Waals surface area (Å²) in [5.41, 5.74) is 4.89.